The number of rotatable bonds is 0. The maximum Gasteiger partial charge on any atom is 0.180 e. The van der Waals surface area contributed by atoms with Gasteiger partial charge >= 0.3 is 0 Å². The molecule has 0 bridgehead atoms. The zero-order valence-electron chi connectivity index (χ0n) is 8.05. The summed E-state index contributed by atoms with van der Waals surface area (Å²) < 4.78 is -0.750. The highest BCUT2D eigenvalue weighted by atomic mass is 35.6. The summed E-state index contributed by atoms with van der Waals surface area (Å²) in [7, 11) is 1.00. The van der Waals surface area contributed by atoms with Crippen LogP contribution in [-0.4, -0.2) is 22.0 Å². The van der Waals surface area contributed by atoms with Gasteiger partial charge in [0.1, 0.15) is 0 Å². The quantitative estimate of drug-likeness (QED) is 0.717. The molecule has 0 unspecified atom stereocenters. The first-order valence-corrected chi connectivity index (χ1v) is 4.82. The van der Waals surface area contributed by atoms with Gasteiger partial charge in [-0.2, -0.15) is 0 Å². The van der Waals surface area contributed by atoms with E-state index in [4.69, 9.17) is 39.9 Å². The van der Waals surface area contributed by atoms with Gasteiger partial charge in [-0.05, 0) is 6.92 Å². The van der Waals surface area contributed by atoms with Crippen LogP contribution in [0.4, 0.5) is 0 Å². The lowest BCUT2D eigenvalue weighted by Crippen LogP contribution is -1.62. The summed E-state index contributed by atoms with van der Waals surface area (Å²) in [6.45, 7) is 2.08. The third-order valence-electron chi connectivity index (χ3n) is 0.940. The molecular formula is C9H15Cl3O2. The molecule has 1 aromatic rings. The largest absolute Gasteiger partial charge is 0.412 e. The predicted octanol–water partition coefficient (Wildman–Crippen LogP) is 2.77. The highest BCUT2D eigenvalue weighted by molar-refractivity contribution is 6.63. The number of aryl methyl sites for hydroxylation is 1. The lowest BCUT2D eigenvalue weighted by atomic mass is 10.2. The van der Waals surface area contributed by atoms with E-state index in [2.05, 4.69) is 19.1 Å². The first-order chi connectivity index (χ1) is 6.13. The van der Waals surface area contributed by atoms with Crippen molar-refractivity contribution in [3.05, 3.63) is 35.9 Å². The zero-order chi connectivity index (χ0) is 10.7. The van der Waals surface area contributed by atoms with Gasteiger partial charge in [0.2, 0.25) is 0 Å². The second-order valence-electron chi connectivity index (χ2n) is 1.90. The molecule has 14 heavy (non-hydrogen) atoms. The van der Waals surface area contributed by atoms with Crippen LogP contribution in [0.3, 0.4) is 0 Å². The summed E-state index contributed by atoms with van der Waals surface area (Å²) in [4.78, 5) is 0. The molecule has 0 spiro atoms. The predicted molar refractivity (Wildman–Crippen MR) is 64.3 cm³/mol. The number of alkyl halides is 3. The van der Waals surface area contributed by atoms with E-state index in [9.17, 15) is 0 Å². The van der Waals surface area contributed by atoms with Crippen LogP contribution < -0.4 is 0 Å². The van der Waals surface area contributed by atoms with Crippen molar-refractivity contribution in [2.75, 3.05) is 7.11 Å². The Morgan fingerprint density at radius 3 is 1.43 bits per heavy atom. The zero-order valence-corrected chi connectivity index (χ0v) is 10.3. The molecule has 0 aromatic heterocycles. The first-order valence-electron chi connectivity index (χ1n) is 3.51. The molecule has 2 nitrogen and oxygen atoms in total. The summed E-state index contributed by atoms with van der Waals surface area (Å²) in [5.74, 6) is 0. The second kappa shape index (κ2) is 15.5. The maximum absolute atomic E-state index is 7.00. The van der Waals surface area contributed by atoms with Gasteiger partial charge in [-0.25, -0.2) is 0 Å². The topological polar surface area (TPSA) is 51.7 Å². The molecule has 0 aliphatic carbocycles. The Hall–Kier alpha value is 0.01000. The third-order valence-corrected chi connectivity index (χ3v) is 0.940. The molecular weight excluding hydrogens is 246 g/mol. The number of aliphatic hydroxyl groups is 1. The Kier molecular flexibility index (Phi) is 21.6. The molecule has 0 amide bonds. The lowest BCUT2D eigenvalue weighted by molar-refractivity contribution is 0.399. The van der Waals surface area contributed by atoms with Gasteiger partial charge in [0.25, 0.3) is 0 Å². The molecule has 0 saturated carbocycles. The summed E-state index contributed by atoms with van der Waals surface area (Å²) in [6.07, 6.45) is 0. The van der Waals surface area contributed by atoms with Crippen LogP contribution in [0.25, 0.3) is 0 Å². The molecule has 0 aliphatic heterocycles. The minimum absolute atomic E-state index is 0. The summed E-state index contributed by atoms with van der Waals surface area (Å²) in [6, 6.07) is 10.3. The summed E-state index contributed by atoms with van der Waals surface area (Å²) in [5.41, 5.74) is 1.32. The molecule has 3 N–H and O–H groups in total. The normalized spacial score (nSPS) is 7.36. The Balaban J connectivity index is -0.000000152. The van der Waals surface area contributed by atoms with E-state index in [1.54, 1.807) is 0 Å². The number of benzene rings is 1. The number of aliphatic hydroxyl groups excluding tert-OH is 1. The highest BCUT2D eigenvalue weighted by Crippen LogP contribution is 2.03. The van der Waals surface area contributed by atoms with Crippen molar-refractivity contribution >= 4 is 34.8 Å². The molecule has 1 aromatic carbocycles. The molecule has 84 valence electrons. The third kappa shape index (κ3) is 22.7. The van der Waals surface area contributed by atoms with Gasteiger partial charge in [0, 0.05) is 7.11 Å². The van der Waals surface area contributed by atoms with Gasteiger partial charge < -0.3 is 10.6 Å². The van der Waals surface area contributed by atoms with Gasteiger partial charge in [0.15, 0.2) is 4.30 Å². The molecule has 0 fully saturated rings. The molecule has 1 rings (SSSR count). The molecule has 0 atom stereocenters. The minimum atomic E-state index is -0.750. The molecule has 0 saturated heterocycles. The van der Waals surface area contributed by atoms with Crippen LogP contribution in [0, 0.1) is 6.92 Å². The van der Waals surface area contributed by atoms with Gasteiger partial charge in [-0.3, -0.25) is 0 Å². The smallest absolute Gasteiger partial charge is 0.180 e. The van der Waals surface area contributed by atoms with E-state index in [1.807, 2.05) is 18.2 Å². The standard InChI is InChI=1S/C7H8.CHCl3.CH4O.H2O/c1-7-5-3-2-4-6-7;2-1(3)4;1-2;/h2-6H,1H3;1H;2H,1H3;1H2. The fourth-order valence-electron chi connectivity index (χ4n) is 0.534. The Morgan fingerprint density at radius 2 is 1.29 bits per heavy atom. The van der Waals surface area contributed by atoms with Crippen LogP contribution in [0.15, 0.2) is 30.3 Å². The minimum Gasteiger partial charge on any atom is -0.412 e. The number of hydrogen-bond donors (Lipinski definition) is 1. The van der Waals surface area contributed by atoms with Gasteiger partial charge in [-0.15, -0.1) is 0 Å². The molecule has 0 heterocycles. The molecule has 5 heteroatoms. The SMILES string of the molecule is CO.Cc1ccccc1.ClC(Cl)Cl.O. The van der Waals surface area contributed by atoms with E-state index in [1.165, 1.54) is 5.56 Å². The highest BCUT2D eigenvalue weighted by Gasteiger charge is 1.78. The maximum atomic E-state index is 7.00. The average Bonchev–Trinajstić information content (AvgIpc) is 2.08. The molecule has 0 radical (unpaired) electrons. The van der Waals surface area contributed by atoms with Crippen molar-refractivity contribution in [1.29, 1.82) is 0 Å². The van der Waals surface area contributed by atoms with E-state index < -0.39 is 4.30 Å². The Morgan fingerprint density at radius 1 is 1.00 bits per heavy atom. The fourth-order valence-corrected chi connectivity index (χ4v) is 0.534. The van der Waals surface area contributed by atoms with Crippen LogP contribution in [0.5, 0.6) is 0 Å². The van der Waals surface area contributed by atoms with E-state index in [0.29, 0.717) is 0 Å². The fraction of sp³-hybridized carbons (Fsp3) is 0.333. The van der Waals surface area contributed by atoms with Crippen molar-refractivity contribution in [2.24, 2.45) is 0 Å². The monoisotopic (exact) mass is 260 g/mol. The Labute approximate surface area is 99.7 Å². The number of halogens is 3. The van der Waals surface area contributed by atoms with Crippen LogP contribution in [0.2, 0.25) is 0 Å². The average molecular weight is 262 g/mol. The lowest BCUT2D eigenvalue weighted by Gasteiger charge is -1.82. The Bertz CT molecular complexity index is 178. The van der Waals surface area contributed by atoms with Crippen molar-refractivity contribution in [3.63, 3.8) is 0 Å². The van der Waals surface area contributed by atoms with Crippen LogP contribution in [-0.2, 0) is 0 Å². The van der Waals surface area contributed by atoms with E-state index >= 15 is 0 Å². The van der Waals surface area contributed by atoms with Crippen molar-refractivity contribution in [1.82, 2.24) is 0 Å². The van der Waals surface area contributed by atoms with Crippen molar-refractivity contribution in [3.8, 4) is 0 Å². The summed E-state index contributed by atoms with van der Waals surface area (Å²) >= 11 is 14.4. The molecule has 0 aliphatic rings. The second-order valence-corrected chi connectivity index (χ2v) is 3.88. The first kappa shape index (κ1) is 19.6. The van der Waals surface area contributed by atoms with Gasteiger partial charge in [-0.1, -0.05) is 70.7 Å². The van der Waals surface area contributed by atoms with Gasteiger partial charge in [0.05, 0.1) is 0 Å². The van der Waals surface area contributed by atoms with Crippen molar-refractivity contribution in [2.45, 2.75) is 11.2 Å². The summed E-state index contributed by atoms with van der Waals surface area (Å²) in [5, 5.41) is 7.00. The van der Waals surface area contributed by atoms with E-state index in [0.717, 1.165) is 7.11 Å². The van der Waals surface area contributed by atoms with Crippen LogP contribution in [0.1, 0.15) is 5.56 Å². The number of hydrogen-bond acceptors (Lipinski definition) is 1. The van der Waals surface area contributed by atoms with Crippen molar-refractivity contribution < 1.29 is 10.6 Å². The van der Waals surface area contributed by atoms with E-state index in [-0.39, 0.29) is 5.48 Å². The van der Waals surface area contributed by atoms with Crippen LogP contribution >= 0.6 is 34.8 Å².